The highest BCUT2D eigenvalue weighted by Crippen LogP contribution is 2.12. The fourth-order valence-corrected chi connectivity index (χ4v) is 1.48. The Morgan fingerprint density at radius 3 is 2.07 bits per heavy atom. The van der Waals surface area contributed by atoms with Crippen molar-refractivity contribution < 1.29 is 0 Å². The second-order valence-electron chi connectivity index (χ2n) is 4.97. The van der Waals surface area contributed by atoms with Crippen LogP contribution < -0.4 is 10.6 Å². The van der Waals surface area contributed by atoms with Crippen molar-refractivity contribution in [3.05, 3.63) is 0 Å². The van der Waals surface area contributed by atoms with E-state index in [2.05, 4.69) is 31.4 Å². The van der Waals surface area contributed by atoms with Crippen molar-refractivity contribution in [2.75, 3.05) is 19.6 Å². The third-order valence-corrected chi connectivity index (χ3v) is 2.26. The summed E-state index contributed by atoms with van der Waals surface area (Å²) in [5.74, 6) is 0. The summed E-state index contributed by atoms with van der Waals surface area (Å²) in [5.41, 5.74) is 0.422. The molecule has 88 valence electrons. The Hall–Kier alpha value is 0.500. The van der Waals surface area contributed by atoms with Crippen molar-refractivity contribution in [1.29, 1.82) is 0 Å². The molecule has 1 aliphatic rings. The monoisotopic (exact) mass is 242 g/mol. The van der Waals surface area contributed by atoms with Gasteiger partial charge in [0.05, 0.1) is 0 Å². The van der Waals surface area contributed by atoms with Gasteiger partial charge in [-0.15, -0.1) is 24.8 Å². The second kappa shape index (κ2) is 7.75. The van der Waals surface area contributed by atoms with E-state index in [-0.39, 0.29) is 24.8 Å². The smallest absolute Gasteiger partial charge is 0.00914 e. The molecule has 2 N–H and O–H groups in total. The van der Waals surface area contributed by atoms with E-state index in [0.717, 1.165) is 12.6 Å². The highest BCUT2D eigenvalue weighted by atomic mass is 35.5. The maximum atomic E-state index is 3.62. The Labute approximate surface area is 100 Å². The van der Waals surface area contributed by atoms with Gasteiger partial charge in [-0.25, -0.2) is 0 Å². The maximum Gasteiger partial charge on any atom is 0.00914 e. The second-order valence-corrected chi connectivity index (χ2v) is 4.97. The zero-order valence-electron chi connectivity index (χ0n) is 9.43. The quantitative estimate of drug-likeness (QED) is 0.777. The normalized spacial score (nSPS) is 18.2. The van der Waals surface area contributed by atoms with Crippen molar-refractivity contribution >= 4 is 24.8 Å². The fourth-order valence-electron chi connectivity index (χ4n) is 1.48. The van der Waals surface area contributed by atoms with E-state index in [4.69, 9.17) is 0 Å². The van der Waals surface area contributed by atoms with Crippen LogP contribution >= 0.6 is 24.8 Å². The van der Waals surface area contributed by atoms with E-state index in [0.29, 0.717) is 5.41 Å². The molecule has 0 aromatic heterocycles. The van der Waals surface area contributed by atoms with Gasteiger partial charge in [0.1, 0.15) is 0 Å². The van der Waals surface area contributed by atoms with E-state index in [1.165, 1.54) is 25.9 Å². The SMILES string of the molecule is CC(C)(C)CNC1CCNCC1.Cl.Cl. The standard InChI is InChI=1S/C10H22N2.2ClH/c1-10(2,3)8-12-9-4-6-11-7-5-9;;/h9,11-12H,4-8H2,1-3H3;2*1H. The molecule has 4 heteroatoms. The van der Waals surface area contributed by atoms with Crippen LogP contribution in [0.2, 0.25) is 0 Å². The van der Waals surface area contributed by atoms with Gasteiger partial charge >= 0.3 is 0 Å². The zero-order chi connectivity index (χ0) is 9.03. The molecule has 0 aromatic rings. The maximum absolute atomic E-state index is 3.62. The van der Waals surface area contributed by atoms with Crippen LogP contribution in [0.1, 0.15) is 33.6 Å². The lowest BCUT2D eigenvalue weighted by molar-refractivity contribution is 0.314. The van der Waals surface area contributed by atoms with Crippen molar-refractivity contribution in [2.24, 2.45) is 5.41 Å². The number of nitrogens with one attached hydrogen (secondary N) is 2. The van der Waals surface area contributed by atoms with Crippen LogP contribution in [0.25, 0.3) is 0 Å². The molecule has 1 rings (SSSR count). The first-order valence-corrected chi connectivity index (χ1v) is 5.02. The summed E-state index contributed by atoms with van der Waals surface area (Å²) in [7, 11) is 0. The van der Waals surface area contributed by atoms with Gasteiger partial charge in [-0.2, -0.15) is 0 Å². The van der Waals surface area contributed by atoms with Crippen molar-refractivity contribution in [3.63, 3.8) is 0 Å². The van der Waals surface area contributed by atoms with Gasteiger partial charge < -0.3 is 10.6 Å². The Morgan fingerprint density at radius 1 is 1.14 bits per heavy atom. The molecule has 14 heavy (non-hydrogen) atoms. The molecule has 1 aliphatic heterocycles. The third-order valence-electron chi connectivity index (χ3n) is 2.26. The summed E-state index contributed by atoms with van der Waals surface area (Å²) in [6, 6.07) is 0.755. The predicted octanol–water partition coefficient (Wildman–Crippen LogP) is 2.22. The fraction of sp³-hybridized carbons (Fsp3) is 1.00. The summed E-state index contributed by atoms with van der Waals surface area (Å²) >= 11 is 0. The lowest BCUT2D eigenvalue weighted by atomic mass is 9.95. The molecule has 0 amide bonds. The largest absolute Gasteiger partial charge is 0.317 e. The Balaban J connectivity index is 0. The number of piperidine rings is 1. The van der Waals surface area contributed by atoms with Crippen LogP contribution in [0, 0.1) is 5.41 Å². The zero-order valence-corrected chi connectivity index (χ0v) is 11.1. The van der Waals surface area contributed by atoms with Gasteiger partial charge in [0.15, 0.2) is 0 Å². The molecule has 0 aliphatic carbocycles. The van der Waals surface area contributed by atoms with Crippen LogP contribution in [0.3, 0.4) is 0 Å². The third kappa shape index (κ3) is 7.86. The van der Waals surface area contributed by atoms with Crippen LogP contribution in [-0.4, -0.2) is 25.7 Å². The van der Waals surface area contributed by atoms with Gasteiger partial charge in [0.25, 0.3) is 0 Å². The summed E-state index contributed by atoms with van der Waals surface area (Å²) in [4.78, 5) is 0. The van der Waals surface area contributed by atoms with Crippen LogP contribution in [0.4, 0.5) is 0 Å². The average Bonchev–Trinajstić information content (AvgIpc) is 2.02. The van der Waals surface area contributed by atoms with E-state index in [9.17, 15) is 0 Å². The lowest BCUT2D eigenvalue weighted by Crippen LogP contribution is -2.42. The van der Waals surface area contributed by atoms with Crippen LogP contribution in [0.5, 0.6) is 0 Å². The molecule has 0 aromatic carbocycles. The Morgan fingerprint density at radius 2 is 1.64 bits per heavy atom. The van der Waals surface area contributed by atoms with Crippen molar-refractivity contribution in [2.45, 2.75) is 39.7 Å². The Kier molecular flexibility index (Phi) is 9.36. The summed E-state index contributed by atoms with van der Waals surface area (Å²) < 4.78 is 0. The van der Waals surface area contributed by atoms with E-state index >= 15 is 0 Å². The summed E-state index contributed by atoms with van der Waals surface area (Å²) in [5, 5.41) is 6.99. The van der Waals surface area contributed by atoms with Crippen LogP contribution in [0.15, 0.2) is 0 Å². The minimum atomic E-state index is 0. The van der Waals surface area contributed by atoms with E-state index < -0.39 is 0 Å². The number of rotatable bonds is 2. The number of hydrogen-bond acceptors (Lipinski definition) is 2. The topological polar surface area (TPSA) is 24.1 Å². The molecule has 0 saturated carbocycles. The van der Waals surface area contributed by atoms with Crippen LogP contribution in [-0.2, 0) is 0 Å². The molecule has 1 fully saturated rings. The van der Waals surface area contributed by atoms with E-state index in [1.54, 1.807) is 0 Å². The summed E-state index contributed by atoms with van der Waals surface area (Å²) in [6.45, 7) is 10.3. The van der Waals surface area contributed by atoms with Gasteiger partial charge in [-0.1, -0.05) is 20.8 Å². The Bertz CT molecular complexity index is 129. The summed E-state index contributed by atoms with van der Waals surface area (Å²) in [6.07, 6.45) is 2.58. The molecule has 0 unspecified atom stereocenters. The van der Waals surface area contributed by atoms with Crippen molar-refractivity contribution in [1.82, 2.24) is 10.6 Å². The highest BCUT2D eigenvalue weighted by molar-refractivity contribution is 5.85. The molecular formula is C10H24Cl2N2. The molecule has 2 nitrogen and oxygen atoms in total. The number of hydrogen-bond donors (Lipinski definition) is 2. The van der Waals surface area contributed by atoms with E-state index in [1.807, 2.05) is 0 Å². The van der Waals surface area contributed by atoms with Gasteiger partial charge in [-0.3, -0.25) is 0 Å². The minimum absolute atomic E-state index is 0. The lowest BCUT2D eigenvalue weighted by Gasteiger charge is -2.27. The molecule has 0 radical (unpaired) electrons. The first-order valence-electron chi connectivity index (χ1n) is 5.02. The molecule has 1 saturated heterocycles. The van der Waals surface area contributed by atoms with Gasteiger partial charge in [0.2, 0.25) is 0 Å². The van der Waals surface area contributed by atoms with Gasteiger partial charge in [0, 0.05) is 12.6 Å². The van der Waals surface area contributed by atoms with Crippen molar-refractivity contribution in [3.8, 4) is 0 Å². The van der Waals surface area contributed by atoms with Gasteiger partial charge in [-0.05, 0) is 31.3 Å². The molecular weight excluding hydrogens is 219 g/mol. The molecule has 0 bridgehead atoms. The average molecular weight is 243 g/mol. The number of halogens is 2. The molecule has 0 spiro atoms. The first-order chi connectivity index (χ1) is 5.58. The molecule has 1 heterocycles. The first kappa shape index (κ1) is 16.9. The highest BCUT2D eigenvalue weighted by Gasteiger charge is 2.15. The molecule has 0 atom stereocenters. The minimum Gasteiger partial charge on any atom is -0.317 e. The predicted molar refractivity (Wildman–Crippen MR) is 67.8 cm³/mol.